The number of rotatable bonds is 7. The van der Waals surface area contributed by atoms with Gasteiger partial charge in [0.05, 0.1) is 5.69 Å². The molecule has 0 fully saturated rings. The third-order valence-corrected chi connectivity index (χ3v) is 4.30. The molecule has 4 N–H and O–H groups in total. The number of carboxylic acids is 2. The normalized spacial score (nSPS) is 10.8. The molecule has 2 aromatic heterocycles. The minimum Gasteiger partial charge on any atom is -0.475 e. The van der Waals surface area contributed by atoms with E-state index in [1.807, 2.05) is 42.5 Å². The lowest BCUT2D eigenvalue weighted by Gasteiger charge is -2.03. The summed E-state index contributed by atoms with van der Waals surface area (Å²) in [7, 11) is 0. The van der Waals surface area contributed by atoms with Crippen molar-refractivity contribution >= 4 is 17.8 Å². The predicted octanol–water partition coefficient (Wildman–Crippen LogP) is 4.49. The molecule has 0 aliphatic heterocycles. The average Bonchev–Trinajstić information content (AvgIpc) is 3.35. The highest BCUT2D eigenvalue weighted by atomic mass is 19.4. The van der Waals surface area contributed by atoms with Gasteiger partial charge in [-0.2, -0.15) is 31.4 Å². The highest BCUT2D eigenvalue weighted by Crippen LogP contribution is 2.17. The van der Waals surface area contributed by atoms with Gasteiger partial charge in [-0.3, -0.25) is 14.9 Å². The van der Waals surface area contributed by atoms with Crippen molar-refractivity contribution in [3.8, 4) is 11.3 Å². The van der Waals surface area contributed by atoms with Crippen LogP contribution in [0.1, 0.15) is 28.9 Å². The molecule has 0 saturated heterocycles. The number of carboxylic acid groups (broad SMARTS) is 2. The van der Waals surface area contributed by atoms with Gasteiger partial charge in [0.2, 0.25) is 0 Å². The Bertz CT molecular complexity index is 1130. The van der Waals surface area contributed by atoms with Crippen molar-refractivity contribution in [2.45, 2.75) is 31.6 Å². The number of amides is 1. The predicted molar refractivity (Wildman–Crippen MR) is 121 cm³/mol. The van der Waals surface area contributed by atoms with E-state index in [-0.39, 0.29) is 5.91 Å². The summed E-state index contributed by atoms with van der Waals surface area (Å²) in [4.78, 5) is 33.9. The van der Waals surface area contributed by atoms with E-state index in [4.69, 9.17) is 19.8 Å². The Kier molecular flexibility index (Phi) is 12.4. The summed E-state index contributed by atoms with van der Waals surface area (Å²) in [6.07, 6.45) is -3.59. The monoisotopic (exact) mass is 548 g/mol. The lowest BCUT2D eigenvalue weighted by atomic mass is 10.1. The first kappa shape index (κ1) is 31.6. The molecule has 0 aliphatic rings. The van der Waals surface area contributed by atoms with Gasteiger partial charge in [0.1, 0.15) is 5.69 Å². The van der Waals surface area contributed by atoms with E-state index in [9.17, 15) is 31.1 Å². The molecule has 0 aliphatic carbocycles. The molecule has 38 heavy (non-hydrogen) atoms. The van der Waals surface area contributed by atoms with E-state index in [1.54, 1.807) is 18.5 Å². The Balaban J connectivity index is 0.000000426. The van der Waals surface area contributed by atoms with Crippen LogP contribution in [0.2, 0.25) is 0 Å². The molecular formula is C23H22F6N4O5. The first-order valence-corrected chi connectivity index (χ1v) is 10.6. The SMILES string of the molecule is O=C(NCCCCc1ccncc1)c1cc(-c2ccccc2)n[nH]1.O=C(O)C(F)(F)F.O=C(O)C(F)(F)F. The number of H-pyrrole nitrogens is 1. The zero-order valence-electron chi connectivity index (χ0n) is 19.4. The number of nitrogens with zero attached hydrogens (tertiary/aromatic N) is 2. The zero-order chi connectivity index (χ0) is 28.8. The van der Waals surface area contributed by atoms with Crippen molar-refractivity contribution in [3.63, 3.8) is 0 Å². The highest BCUT2D eigenvalue weighted by molar-refractivity contribution is 5.93. The first-order valence-electron chi connectivity index (χ1n) is 10.6. The Morgan fingerprint density at radius 3 is 1.87 bits per heavy atom. The number of unbranched alkanes of at least 4 members (excludes halogenated alkanes) is 1. The van der Waals surface area contributed by atoms with E-state index in [0.29, 0.717) is 12.2 Å². The van der Waals surface area contributed by atoms with Gasteiger partial charge in [-0.05, 0) is 43.0 Å². The van der Waals surface area contributed by atoms with Crippen LogP contribution >= 0.6 is 0 Å². The molecule has 0 unspecified atom stereocenters. The molecule has 15 heteroatoms. The van der Waals surface area contributed by atoms with E-state index >= 15 is 0 Å². The van der Waals surface area contributed by atoms with Crippen LogP contribution in [0.15, 0.2) is 60.9 Å². The maximum Gasteiger partial charge on any atom is 0.490 e. The number of carbonyl (C=O) groups is 3. The largest absolute Gasteiger partial charge is 0.490 e. The molecule has 1 aromatic carbocycles. The molecule has 0 spiro atoms. The maximum atomic E-state index is 12.1. The van der Waals surface area contributed by atoms with Gasteiger partial charge in [-0.1, -0.05) is 30.3 Å². The molecular weight excluding hydrogens is 526 g/mol. The van der Waals surface area contributed by atoms with Crippen molar-refractivity contribution in [1.82, 2.24) is 20.5 Å². The molecule has 1 amide bonds. The fourth-order valence-electron chi connectivity index (χ4n) is 2.50. The number of aliphatic carboxylic acids is 2. The minimum atomic E-state index is -5.08. The number of hydrogen-bond donors (Lipinski definition) is 4. The van der Waals surface area contributed by atoms with Gasteiger partial charge in [0.25, 0.3) is 5.91 Å². The molecule has 3 rings (SSSR count). The lowest BCUT2D eigenvalue weighted by molar-refractivity contribution is -0.193. The average molecular weight is 548 g/mol. The molecule has 0 bridgehead atoms. The van der Waals surface area contributed by atoms with Gasteiger partial charge >= 0.3 is 24.3 Å². The third kappa shape index (κ3) is 12.5. The number of halogens is 6. The van der Waals surface area contributed by atoms with Crippen LogP contribution in [-0.2, 0) is 16.0 Å². The van der Waals surface area contributed by atoms with Crippen LogP contribution in [0.3, 0.4) is 0 Å². The van der Waals surface area contributed by atoms with E-state index in [2.05, 4.69) is 20.5 Å². The topological polar surface area (TPSA) is 145 Å². The molecule has 206 valence electrons. The van der Waals surface area contributed by atoms with Crippen LogP contribution in [0.4, 0.5) is 26.3 Å². The molecule has 0 saturated carbocycles. The lowest BCUT2D eigenvalue weighted by Crippen LogP contribution is -2.24. The number of pyridine rings is 1. The van der Waals surface area contributed by atoms with E-state index in [1.165, 1.54) is 5.56 Å². The van der Waals surface area contributed by atoms with Crippen LogP contribution in [0.5, 0.6) is 0 Å². The van der Waals surface area contributed by atoms with Crippen LogP contribution in [-0.4, -0.2) is 62.1 Å². The minimum absolute atomic E-state index is 0.117. The summed E-state index contributed by atoms with van der Waals surface area (Å²) in [5.74, 6) is -5.63. The number of aromatic amines is 1. The number of benzene rings is 1. The van der Waals surface area contributed by atoms with Gasteiger partial charge in [-0.25, -0.2) is 9.59 Å². The summed E-state index contributed by atoms with van der Waals surface area (Å²) < 4.78 is 63.5. The second-order valence-electron chi connectivity index (χ2n) is 7.21. The van der Waals surface area contributed by atoms with Crippen molar-refractivity contribution in [2.75, 3.05) is 6.54 Å². The van der Waals surface area contributed by atoms with Crippen LogP contribution in [0, 0.1) is 0 Å². The van der Waals surface area contributed by atoms with Crippen LogP contribution < -0.4 is 5.32 Å². The number of nitrogens with one attached hydrogen (secondary N) is 2. The van der Waals surface area contributed by atoms with Crippen molar-refractivity contribution in [1.29, 1.82) is 0 Å². The van der Waals surface area contributed by atoms with Crippen molar-refractivity contribution in [2.24, 2.45) is 0 Å². The van der Waals surface area contributed by atoms with Crippen molar-refractivity contribution < 1.29 is 50.9 Å². The molecule has 9 nitrogen and oxygen atoms in total. The van der Waals surface area contributed by atoms with Gasteiger partial charge < -0.3 is 15.5 Å². The standard InChI is InChI=1S/C19H20N4O.2C2HF3O2/c24-19(21-11-5-4-6-15-9-12-20-13-10-15)18-14-17(22-23-18)16-7-2-1-3-8-16;2*3-2(4,5)1(6)7/h1-3,7-10,12-14H,4-6,11H2,(H,21,24)(H,22,23);2*(H,6,7). The van der Waals surface area contributed by atoms with Crippen LogP contribution in [0.25, 0.3) is 11.3 Å². The highest BCUT2D eigenvalue weighted by Gasteiger charge is 2.38. The quantitative estimate of drug-likeness (QED) is 0.251. The van der Waals surface area contributed by atoms with Gasteiger partial charge in [-0.15, -0.1) is 0 Å². The number of hydrogen-bond acceptors (Lipinski definition) is 5. The molecule has 2 heterocycles. The second-order valence-corrected chi connectivity index (χ2v) is 7.21. The number of alkyl halides is 6. The Labute approximate surface area is 211 Å². The smallest absolute Gasteiger partial charge is 0.475 e. The van der Waals surface area contributed by atoms with Gasteiger partial charge in [0.15, 0.2) is 0 Å². The fraction of sp³-hybridized carbons (Fsp3) is 0.261. The molecule has 0 radical (unpaired) electrons. The molecule has 3 aromatic rings. The Hall–Kier alpha value is -4.43. The van der Waals surface area contributed by atoms with E-state index < -0.39 is 24.3 Å². The maximum absolute atomic E-state index is 12.1. The second kappa shape index (κ2) is 15.0. The fourth-order valence-corrected chi connectivity index (χ4v) is 2.50. The summed E-state index contributed by atoms with van der Waals surface area (Å²) in [5.41, 5.74) is 3.53. The summed E-state index contributed by atoms with van der Waals surface area (Å²) in [5, 5.41) is 24.2. The third-order valence-electron chi connectivity index (χ3n) is 4.30. The van der Waals surface area contributed by atoms with Gasteiger partial charge in [0, 0.05) is 24.5 Å². The number of aryl methyl sites for hydroxylation is 1. The zero-order valence-corrected chi connectivity index (χ0v) is 19.4. The number of carbonyl (C=O) groups excluding carboxylic acids is 1. The van der Waals surface area contributed by atoms with Crippen molar-refractivity contribution in [3.05, 3.63) is 72.2 Å². The summed E-state index contributed by atoms with van der Waals surface area (Å²) in [6.45, 7) is 0.656. The Morgan fingerprint density at radius 1 is 0.842 bits per heavy atom. The van der Waals surface area contributed by atoms with E-state index in [0.717, 1.165) is 30.5 Å². The summed E-state index contributed by atoms with van der Waals surface area (Å²) >= 11 is 0. The first-order chi connectivity index (χ1) is 17.7. The Morgan fingerprint density at radius 2 is 1.37 bits per heavy atom. The molecule has 0 atom stereocenters. The summed E-state index contributed by atoms with van der Waals surface area (Å²) in [6, 6.07) is 15.6. The number of aromatic nitrogens is 3.